The Bertz CT molecular complexity index is 399. The van der Waals surface area contributed by atoms with Gasteiger partial charge in [-0.3, -0.25) is 0 Å². The van der Waals surface area contributed by atoms with Crippen LogP contribution in [-0.2, 0) is 0 Å². The van der Waals surface area contributed by atoms with Gasteiger partial charge in [0, 0.05) is 5.69 Å². The Morgan fingerprint density at radius 1 is 1.44 bits per heavy atom. The molecule has 4 heteroatoms. The Morgan fingerprint density at radius 2 is 2.06 bits per heavy atom. The van der Waals surface area contributed by atoms with Crippen molar-refractivity contribution in [3.63, 3.8) is 0 Å². The Balaban J connectivity index is 2.94. The summed E-state index contributed by atoms with van der Waals surface area (Å²) >= 11 is 0. The van der Waals surface area contributed by atoms with E-state index < -0.39 is 11.5 Å². The van der Waals surface area contributed by atoms with E-state index in [1.54, 1.807) is 25.1 Å². The van der Waals surface area contributed by atoms with Crippen molar-refractivity contribution in [2.24, 2.45) is 0 Å². The van der Waals surface area contributed by atoms with Crippen LogP contribution in [0.5, 0.6) is 0 Å². The number of hydrogen-bond acceptors (Lipinski definition) is 3. The topological polar surface area (TPSA) is 69.6 Å². The van der Waals surface area contributed by atoms with E-state index in [1.165, 1.54) is 0 Å². The molecule has 0 saturated heterocycles. The molecular formula is C12H17NO3. The number of carboxylic acid groups (broad SMARTS) is 1. The molecule has 0 spiro atoms. The van der Waals surface area contributed by atoms with E-state index in [-0.39, 0.29) is 6.61 Å². The molecule has 0 unspecified atom stereocenters. The zero-order valence-electron chi connectivity index (χ0n) is 9.74. The summed E-state index contributed by atoms with van der Waals surface area (Å²) in [5.41, 5.74) is 1.39. The fraction of sp³-hybridized carbons (Fsp3) is 0.417. The van der Waals surface area contributed by atoms with Crippen LogP contribution < -0.4 is 5.32 Å². The molecule has 0 atom stereocenters. The van der Waals surface area contributed by atoms with Gasteiger partial charge in [0.1, 0.15) is 0 Å². The third-order valence-corrected chi connectivity index (χ3v) is 2.33. The van der Waals surface area contributed by atoms with Gasteiger partial charge in [-0.1, -0.05) is 0 Å². The lowest BCUT2D eigenvalue weighted by atomic mass is 10.0. The molecule has 0 saturated carbocycles. The number of carbonyl (C=O) groups is 1. The van der Waals surface area contributed by atoms with E-state index in [9.17, 15) is 4.79 Å². The van der Waals surface area contributed by atoms with Gasteiger partial charge in [-0.05, 0) is 44.5 Å². The molecule has 0 fully saturated rings. The van der Waals surface area contributed by atoms with E-state index in [4.69, 9.17) is 10.2 Å². The van der Waals surface area contributed by atoms with E-state index in [1.807, 2.05) is 13.8 Å². The highest BCUT2D eigenvalue weighted by atomic mass is 16.4. The SMILES string of the molecule is Cc1cc(NC(C)(C)CO)ccc1C(=O)O. The fourth-order valence-corrected chi connectivity index (χ4v) is 1.41. The third-order valence-electron chi connectivity index (χ3n) is 2.33. The minimum atomic E-state index is -0.925. The van der Waals surface area contributed by atoms with Gasteiger partial charge >= 0.3 is 5.97 Å². The van der Waals surface area contributed by atoms with Crippen molar-refractivity contribution < 1.29 is 15.0 Å². The number of aryl methyl sites for hydroxylation is 1. The number of aliphatic hydroxyl groups excluding tert-OH is 1. The van der Waals surface area contributed by atoms with Crippen LogP contribution in [0.25, 0.3) is 0 Å². The minimum absolute atomic E-state index is 0.00668. The standard InChI is InChI=1S/C12H17NO3/c1-8-6-9(13-12(2,3)7-14)4-5-10(8)11(15)16/h4-6,13-14H,7H2,1-3H3,(H,15,16). The zero-order chi connectivity index (χ0) is 12.3. The first-order valence-electron chi connectivity index (χ1n) is 5.09. The molecule has 4 nitrogen and oxygen atoms in total. The minimum Gasteiger partial charge on any atom is -0.478 e. The number of aromatic carboxylic acids is 1. The normalized spacial score (nSPS) is 11.2. The summed E-state index contributed by atoms with van der Waals surface area (Å²) in [6.45, 7) is 5.49. The van der Waals surface area contributed by atoms with Gasteiger partial charge in [-0.25, -0.2) is 4.79 Å². The lowest BCUT2D eigenvalue weighted by Crippen LogP contribution is -2.34. The van der Waals surface area contributed by atoms with E-state index in [2.05, 4.69) is 5.32 Å². The van der Waals surface area contributed by atoms with Crippen LogP contribution in [0.4, 0.5) is 5.69 Å². The van der Waals surface area contributed by atoms with Gasteiger partial charge in [0.2, 0.25) is 0 Å². The largest absolute Gasteiger partial charge is 0.478 e. The molecule has 1 aromatic rings. The van der Waals surface area contributed by atoms with Crippen molar-refractivity contribution in [1.82, 2.24) is 0 Å². The molecule has 0 heterocycles. The molecule has 1 rings (SSSR count). The van der Waals surface area contributed by atoms with Gasteiger partial charge in [-0.15, -0.1) is 0 Å². The maximum atomic E-state index is 10.8. The lowest BCUT2D eigenvalue weighted by molar-refractivity contribution is 0.0696. The molecule has 0 amide bonds. The smallest absolute Gasteiger partial charge is 0.335 e. The molecule has 0 aliphatic rings. The number of anilines is 1. The van der Waals surface area contributed by atoms with Crippen molar-refractivity contribution in [3.05, 3.63) is 29.3 Å². The third kappa shape index (κ3) is 2.97. The number of benzene rings is 1. The highest BCUT2D eigenvalue weighted by molar-refractivity contribution is 5.89. The highest BCUT2D eigenvalue weighted by Gasteiger charge is 2.16. The maximum absolute atomic E-state index is 10.8. The zero-order valence-corrected chi connectivity index (χ0v) is 9.74. The van der Waals surface area contributed by atoms with Crippen LogP contribution in [0.2, 0.25) is 0 Å². The summed E-state index contributed by atoms with van der Waals surface area (Å²) in [4.78, 5) is 10.8. The summed E-state index contributed by atoms with van der Waals surface area (Å²) < 4.78 is 0. The van der Waals surface area contributed by atoms with Crippen molar-refractivity contribution in [3.8, 4) is 0 Å². The monoisotopic (exact) mass is 223 g/mol. The van der Waals surface area contributed by atoms with Gasteiger partial charge in [0.25, 0.3) is 0 Å². The van der Waals surface area contributed by atoms with E-state index in [0.717, 1.165) is 5.69 Å². The predicted octanol–water partition coefficient (Wildman–Crippen LogP) is 1.88. The fourth-order valence-electron chi connectivity index (χ4n) is 1.41. The number of rotatable bonds is 4. The second-order valence-electron chi connectivity index (χ2n) is 4.50. The summed E-state index contributed by atoms with van der Waals surface area (Å²) in [5, 5.41) is 21.1. The van der Waals surface area contributed by atoms with Crippen LogP contribution in [0, 0.1) is 6.92 Å². The Kier molecular flexibility index (Phi) is 3.55. The number of carboxylic acids is 1. The van der Waals surface area contributed by atoms with E-state index >= 15 is 0 Å². The first kappa shape index (κ1) is 12.5. The molecule has 3 N–H and O–H groups in total. The van der Waals surface area contributed by atoms with Crippen LogP contribution >= 0.6 is 0 Å². The van der Waals surface area contributed by atoms with Crippen molar-refractivity contribution in [2.75, 3.05) is 11.9 Å². The summed E-state index contributed by atoms with van der Waals surface area (Å²) in [6.07, 6.45) is 0. The average Bonchev–Trinajstić information content (AvgIpc) is 2.16. The average molecular weight is 223 g/mol. The quantitative estimate of drug-likeness (QED) is 0.729. The molecule has 16 heavy (non-hydrogen) atoms. The second kappa shape index (κ2) is 4.53. The Morgan fingerprint density at radius 3 is 2.50 bits per heavy atom. The Hall–Kier alpha value is -1.55. The molecule has 0 aliphatic heterocycles. The van der Waals surface area contributed by atoms with Crippen LogP contribution in [0.3, 0.4) is 0 Å². The van der Waals surface area contributed by atoms with Gasteiger partial charge in [0.15, 0.2) is 0 Å². The molecule has 0 aliphatic carbocycles. The van der Waals surface area contributed by atoms with Crippen molar-refractivity contribution >= 4 is 11.7 Å². The molecule has 0 radical (unpaired) electrons. The first-order valence-corrected chi connectivity index (χ1v) is 5.09. The predicted molar refractivity (Wildman–Crippen MR) is 62.9 cm³/mol. The maximum Gasteiger partial charge on any atom is 0.335 e. The molecule has 0 bridgehead atoms. The summed E-state index contributed by atoms with van der Waals surface area (Å²) in [6, 6.07) is 5.03. The van der Waals surface area contributed by atoms with E-state index in [0.29, 0.717) is 11.1 Å². The second-order valence-corrected chi connectivity index (χ2v) is 4.50. The lowest BCUT2D eigenvalue weighted by Gasteiger charge is -2.25. The molecule has 0 aromatic heterocycles. The number of nitrogens with one attached hydrogen (secondary N) is 1. The first-order chi connectivity index (χ1) is 7.35. The van der Waals surface area contributed by atoms with Crippen LogP contribution in [-0.4, -0.2) is 28.3 Å². The Labute approximate surface area is 94.9 Å². The summed E-state index contributed by atoms with van der Waals surface area (Å²) in [7, 11) is 0. The van der Waals surface area contributed by atoms with Crippen molar-refractivity contribution in [2.45, 2.75) is 26.3 Å². The van der Waals surface area contributed by atoms with Gasteiger partial charge in [-0.2, -0.15) is 0 Å². The molecular weight excluding hydrogens is 206 g/mol. The summed E-state index contributed by atoms with van der Waals surface area (Å²) in [5.74, 6) is -0.925. The molecule has 1 aromatic carbocycles. The van der Waals surface area contributed by atoms with Crippen LogP contribution in [0.15, 0.2) is 18.2 Å². The van der Waals surface area contributed by atoms with Gasteiger partial charge < -0.3 is 15.5 Å². The number of aliphatic hydroxyl groups is 1. The molecule has 88 valence electrons. The van der Waals surface area contributed by atoms with Crippen molar-refractivity contribution in [1.29, 1.82) is 0 Å². The highest BCUT2D eigenvalue weighted by Crippen LogP contribution is 2.19. The van der Waals surface area contributed by atoms with Crippen LogP contribution in [0.1, 0.15) is 29.8 Å². The van der Waals surface area contributed by atoms with Gasteiger partial charge in [0.05, 0.1) is 17.7 Å². The number of hydrogen-bond donors (Lipinski definition) is 3.